The topological polar surface area (TPSA) is 83.3 Å². The number of benzene rings is 2. The van der Waals surface area contributed by atoms with Crippen molar-refractivity contribution in [1.82, 2.24) is 14.9 Å². The van der Waals surface area contributed by atoms with E-state index in [9.17, 15) is 9.90 Å². The van der Waals surface area contributed by atoms with Gasteiger partial charge < -0.3 is 5.11 Å². The number of carboxylic acids is 1. The highest BCUT2D eigenvalue weighted by atomic mass is 32.1. The van der Waals surface area contributed by atoms with E-state index >= 15 is 0 Å². The standard InChI is InChI=1S/C17H14N4O2S/c1-11-6-8-12(9-7-11)15-19-20-17(24)21(15)18-10-13-4-2-3-5-14(13)16(22)23/h2-10H,1H3,(H,20,24)(H,22,23)/b18-10+. The summed E-state index contributed by atoms with van der Waals surface area (Å²) in [5.74, 6) is -0.448. The van der Waals surface area contributed by atoms with Crippen molar-refractivity contribution in [3.8, 4) is 11.4 Å². The summed E-state index contributed by atoms with van der Waals surface area (Å²) in [6.07, 6.45) is 1.46. The minimum atomic E-state index is -1.01. The molecule has 2 N–H and O–H groups in total. The first kappa shape index (κ1) is 15.8. The van der Waals surface area contributed by atoms with Gasteiger partial charge in [0.05, 0.1) is 11.8 Å². The molecule has 1 aromatic heterocycles. The SMILES string of the molecule is Cc1ccc(-c2n[nH]c(=S)n2/N=C/c2ccccc2C(=O)O)cc1. The first-order chi connectivity index (χ1) is 11.6. The van der Waals surface area contributed by atoms with Gasteiger partial charge in [-0.2, -0.15) is 14.9 Å². The van der Waals surface area contributed by atoms with Crippen molar-refractivity contribution in [3.05, 3.63) is 70.0 Å². The van der Waals surface area contributed by atoms with Gasteiger partial charge in [-0.15, -0.1) is 0 Å². The van der Waals surface area contributed by atoms with Crippen LogP contribution in [0.5, 0.6) is 0 Å². The molecule has 0 aliphatic heterocycles. The molecule has 0 radical (unpaired) electrons. The van der Waals surface area contributed by atoms with E-state index < -0.39 is 5.97 Å². The van der Waals surface area contributed by atoms with E-state index in [2.05, 4.69) is 15.3 Å². The Morgan fingerprint density at radius 2 is 1.96 bits per heavy atom. The molecular weight excluding hydrogens is 324 g/mol. The summed E-state index contributed by atoms with van der Waals surface area (Å²) in [6.45, 7) is 2.00. The first-order valence-electron chi connectivity index (χ1n) is 7.17. The van der Waals surface area contributed by atoms with Crippen LogP contribution in [0.25, 0.3) is 11.4 Å². The van der Waals surface area contributed by atoms with Crippen LogP contribution >= 0.6 is 12.2 Å². The Morgan fingerprint density at radius 1 is 1.25 bits per heavy atom. The van der Waals surface area contributed by atoms with Crippen molar-refractivity contribution in [3.63, 3.8) is 0 Å². The Morgan fingerprint density at radius 3 is 2.67 bits per heavy atom. The van der Waals surface area contributed by atoms with Gasteiger partial charge in [0.25, 0.3) is 0 Å². The number of nitrogens with zero attached hydrogens (tertiary/aromatic N) is 3. The van der Waals surface area contributed by atoms with E-state index in [4.69, 9.17) is 12.2 Å². The molecule has 6 nitrogen and oxygen atoms in total. The lowest BCUT2D eigenvalue weighted by Gasteiger charge is -2.03. The van der Waals surface area contributed by atoms with E-state index in [-0.39, 0.29) is 5.56 Å². The van der Waals surface area contributed by atoms with Crippen LogP contribution in [0.1, 0.15) is 21.5 Å². The van der Waals surface area contributed by atoms with Crippen LogP contribution < -0.4 is 0 Å². The lowest BCUT2D eigenvalue weighted by molar-refractivity contribution is 0.0697. The van der Waals surface area contributed by atoms with Gasteiger partial charge in [-0.1, -0.05) is 48.0 Å². The molecule has 0 amide bonds. The number of carboxylic acid groups (broad SMARTS) is 1. The first-order valence-corrected chi connectivity index (χ1v) is 7.58. The zero-order valence-corrected chi connectivity index (χ0v) is 13.6. The highest BCUT2D eigenvalue weighted by Crippen LogP contribution is 2.18. The van der Waals surface area contributed by atoms with Crippen LogP contribution in [0.2, 0.25) is 0 Å². The molecule has 0 atom stereocenters. The fourth-order valence-corrected chi connectivity index (χ4v) is 2.39. The van der Waals surface area contributed by atoms with E-state index in [1.165, 1.54) is 17.0 Å². The normalized spacial score (nSPS) is 11.0. The minimum Gasteiger partial charge on any atom is -0.478 e. The third-order valence-corrected chi connectivity index (χ3v) is 3.73. The van der Waals surface area contributed by atoms with Gasteiger partial charge >= 0.3 is 5.97 Å². The molecule has 1 heterocycles. The largest absolute Gasteiger partial charge is 0.478 e. The molecular formula is C17H14N4O2S. The molecule has 7 heteroatoms. The summed E-state index contributed by atoms with van der Waals surface area (Å²) >= 11 is 5.21. The smallest absolute Gasteiger partial charge is 0.336 e. The number of aromatic nitrogens is 3. The maximum absolute atomic E-state index is 11.3. The third kappa shape index (κ3) is 3.16. The number of rotatable bonds is 4. The number of aryl methyl sites for hydroxylation is 1. The number of nitrogens with one attached hydrogen (secondary N) is 1. The predicted molar refractivity (Wildman–Crippen MR) is 94.0 cm³/mol. The zero-order chi connectivity index (χ0) is 17.1. The number of hydrogen-bond donors (Lipinski definition) is 2. The molecule has 0 unspecified atom stereocenters. The second-order valence-corrected chi connectivity index (χ2v) is 5.55. The minimum absolute atomic E-state index is 0.174. The van der Waals surface area contributed by atoms with Crippen LogP contribution in [-0.2, 0) is 0 Å². The van der Waals surface area contributed by atoms with E-state index in [1.807, 2.05) is 31.2 Å². The Labute approximate surface area is 143 Å². The number of aromatic amines is 1. The summed E-state index contributed by atoms with van der Waals surface area (Å²) in [7, 11) is 0. The Balaban J connectivity index is 2.03. The molecule has 0 aliphatic rings. The highest BCUT2D eigenvalue weighted by molar-refractivity contribution is 7.71. The fourth-order valence-electron chi connectivity index (χ4n) is 2.21. The maximum Gasteiger partial charge on any atom is 0.336 e. The van der Waals surface area contributed by atoms with Crippen molar-refractivity contribution in [1.29, 1.82) is 0 Å². The molecule has 0 fully saturated rings. The maximum atomic E-state index is 11.3. The number of carbonyl (C=O) groups is 1. The van der Waals surface area contributed by atoms with Gasteiger partial charge in [-0.05, 0) is 25.2 Å². The Kier molecular flexibility index (Phi) is 4.35. The highest BCUT2D eigenvalue weighted by Gasteiger charge is 2.09. The molecule has 3 rings (SSSR count). The number of aromatic carboxylic acids is 1. The molecule has 24 heavy (non-hydrogen) atoms. The van der Waals surface area contributed by atoms with Crippen LogP contribution in [0.4, 0.5) is 0 Å². The zero-order valence-electron chi connectivity index (χ0n) is 12.8. The second kappa shape index (κ2) is 6.59. The Bertz CT molecular complexity index is 971. The molecule has 3 aromatic rings. The molecule has 2 aromatic carbocycles. The molecule has 0 bridgehead atoms. The summed E-state index contributed by atoms with van der Waals surface area (Å²) < 4.78 is 1.80. The molecule has 0 spiro atoms. The van der Waals surface area contributed by atoms with Gasteiger partial charge in [-0.25, -0.2) is 9.89 Å². The van der Waals surface area contributed by atoms with E-state index in [0.29, 0.717) is 16.2 Å². The summed E-state index contributed by atoms with van der Waals surface area (Å²) in [5.41, 5.74) is 2.66. The average molecular weight is 338 g/mol. The average Bonchev–Trinajstić information content (AvgIpc) is 2.94. The molecule has 0 saturated carbocycles. The molecule has 0 saturated heterocycles. The number of H-pyrrole nitrogens is 1. The molecule has 120 valence electrons. The predicted octanol–water partition coefficient (Wildman–Crippen LogP) is 3.50. The van der Waals surface area contributed by atoms with Crippen molar-refractivity contribution in [2.24, 2.45) is 5.10 Å². The van der Waals surface area contributed by atoms with Gasteiger partial charge in [0.2, 0.25) is 4.77 Å². The van der Waals surface area contributed by atoms with E-state index in [0.717, 1.165) is 11.1 Å². The Hall–Kier alpha value is -3.06. The quantitative estimate of drug-likeness (QED) is 0.563. The van der Waals surface area contributed by atoms with Crippen LogP contribution in [0.3, 0.4) is 0 Å². The van der Waals surface area contributed by atoms with Crippen LogP contribution in [0, 0.1) is 11.7 Å². The van der Waals surface area contributed by atoms with Crippen molar-refractivity contribution >= 4 is 24.4 Å². The summed E-state index contributed by atoms with van der Waals surface area (Å²) in [4.78, 5) is 11.3. The lowest BCUT2D eigenvalue weighted by Crippen LogP contribution is -2.02. The van der Waals surface area contributed by atoms with Crippen molar-refractivity contribution in [2.45, 2.75) is 6.92 Å². The summed E-state index contributed by atoms with van der Waals surface area (Å²) in [6, 6.07) is 14.4. The number of hydrogen-bond acceptors (Lipinski definition) is 4. The fraction of sp³-hybridized carbons (Fsp3) is 0.0588. The van der Waals surface area contributed by atoms with E-state index in [1.54, 1.807) is 18.2 Å². The second-order valence-electron chi connectivity index (χ2n) is 5.17. The van der Waals surface area contributed by atoms with Crippen LogP contribution in [-0.4, -0.2) is 32.2 Å². The van der Waals surface area contributed by atoms with Crippen LogP contribution in [0.15, 0.2) is 53.6 Å². The summed E-state index contributed by atoms with van der Waals surface area (Å²) in [5, 5.41) is 20.4. The van der Waals surface area contributed by atoms with Gasteiger partial charge in [0, 0.05) is 11.1 Å². The lowest BCUT2D eigenvalue weighted by atomic mass is 10.1. The van der Waals surface area contributed by atoms with Crippen molar-refractivity contribution in [2.75, 3.05) is 0 Å². The van der Waals surface area contributed by atoms with Gasteiger partial charge in [-0.3, -0.25) is 0 Å². The van der Waals surface area contributed by atoms with Crippen molar-refractivity contribution < 1.29 is 9.90 Å². The van der Waals surface area contributed by atoms with Gasteiger partial charge in [0.15, 0.2) is 5.82 Å². The third-order valence-electron chi connectivity index (χ3n) is 3.46. The molecule has 0 aliphatic carbocycles. The monoisotopic (exact) mass is 338 g/mol. The van der Waals surface area contributed by atoms with Gasteiger partial charge in [0.1, 0.15) is 0 Å².